The van der Waals surface area contributed by atoms with Crippen LogP contribution >= 0.6 is 0 Å². The van der Waals surface area contributed by atoms with Crippen molar-refractivity contribution in [3.8, 4) is 0 Å². The summed E-state index contributed by atoms with van der Waals surface area (Å²) in [5, 5.41) is 40.5. The van der Waals surface area contributed by atoms with E-state index in [-0.39, 0.29) is 47.2 Å². The van der Waals surface area contributed by atoms with Crippen LogP contribution in [0.25, 0.3) is 0 Å². The highest BCUT2D eigenvalue weighted by Gasteiger charge is 2.46. The van der Waals surface area contributed by atoms with Gasteiger partial charge in [0.15, 0.2) is 0 Å². The zero-order chi connectivity index (χ0) is 23.9. The summed E-state index contributed by atoms with van der Waals surface area (Å²) in [5.41, 5.74) is 0.704. The Morgan fingerprint density at radius 1 is 1.19 bits per heavy atom. The molecule has 2 aliphatic carbocycles. The topological polar surface area (TPSA) is 107 Å². The van der Waals surface area contributed by atoms with Crippen molar-refractivity contribution < 1.29 is 30.0 Å². The number of unbranched alkanes of at least 4 members (excludes halogenated alkanes) is 3. The van der Waals surface area contributed by atoms with Gasteiger partial charge in [0.2, 0.25) is 0 Å². The van der Waals surface area contributed by atoms with E-state index in [1.807, 2.05) is 6.92 Å². The Kier molecular flexibility index (Phi) is 10.1. The molecule has 184 valence electrons. The number of fused-ring (bicyclic) bond motifs is 1. The van der Waals surface area contributed by atoms with Crippen LogP contribution in [0.2, 0.25) is 0 Å². The molecule has 6 heteroatoms. The third-order valence-electron chi connectivity index (χ3n) is 7.73. The summed E-state index contributed by atoms with van der Waals surface area (Å²) in [6.07, 6.45) is 8.51. The van der Waals surface area contributed by atoms with Crippen molar-refractivity contribution in [1.82, 2.24) is 0 Å². The zero-order valence-electron chi connectivity index (χ0n) is 20.3. The van der Waals surface area contributed by atoms with E-state index < -0.39 is 12.1 Å². The molecule has 1 unspecified atom stereocenters. The molecule has 0 aliphatic heterocycles. The first-order chi connectivity index (χ1) is 15.1. The number of ether oxygens (including phenoxy) is 1. The number of carboxylic acids is 1. The van der Waals surface area contributed by atoms with Gasteiger partial charge in [0.1, 0.15) is 11.9 Å². The van der Waals surface area contributed by atoms with Crippen molar-refractivity contribution in [3.05, 3.63) is 23.2 Å². The van der Waals surface area contributed by atoms with Gasteiger partial charge in [-0.1, -0.05) is 53.4 Å². The Morgan fingerprint density at radius 3 is 2.50 bits per heavy atom. The van der Waals surface area contributed by atoms with Crippen LogP contribution in [0, 0.1) is 23.2 Å². The molecule has 0 aromatic carbocycles. The molecule has 0 bridgehead atoms. The van der Waals surface area contributed by atoms with E-state index in [9.17, 15) is 20.1 Å². The van der Waals surface area contributed by atoms with Crippen molar-refractivity contribution in [2.75, 3.05) is 6.61 Å². The van der Waals surface area contributed by atoms with Gasteiger partial charge in [-0.2, -0.15) is 0 Å². The molecular weight excluding hydrogens is 408 g/mol. The fourth-order valence-electron chi connectivity index (χ4n) is 5.41. The summed E-state index contributed by atoms with van der Waals surface area (Å²) in [6.45, 7) is 9.24. The highest BCUT2D eigenvalue weighted by molar-refractivity contribution is 5.66. The Hall–Kier alpha value is -1.53. The number of aliphatic hydroxyl groups is 3. The van der Waals surface area contributed by atoms with Gasteiger partial charge in [-0.15, -0.1) is 0 Å². The fraction of sp³-hybridized carbons (Fsp3) is 0.808. The summed E-state index contributed by atoms with van der Waals surface area (Å²) < 4.78 is 6.48. The maximum atomic E-state index is 10.7. The van der Waals surface area contributed by atoms with Crippen LogP contribution < -0.4 is 0 Å². The Morgan fingerprint density at radius 2 is 1.88 bits per heavy atom. The molecule has 0 aromatic heterocycles. The Balaban J connectivity index is 2.15. The monoisotopic (exact) mass is 452 g/mol. The lowest BCUT2D eigenvalue weighted by atomic mass is 9.65. The van der Waals surface area contributed by atoms with Gasteiger partial charge in [0.05, 0.1) is 18.5 Å². The van der Waals surface area contributed by atoms with E-state index in [1.165, 1.54) is 0 Å². The van der Waals surface area contributed by atoms with Gasteiger partial charge in [-0.05, 0) is 43.1 Å². The van der Waals surface area contributed by atoms with E-state index in [0.717, 1.165) is 44.9 Å². The van der Waals surface area contributed by atoms with Crippen LogP contribution in [0.5, 0.6) is 0 Å². The quantitative estimate of drug-likeness (QED) is 0.259. The lowest BCUT2D eigenvalue weighted by molar-refractivity contribution is -0.137. The van der Waals surface area contributed by atoms with Gasteiger partial charge in [0.25, 0.3) is 0 Å². The number of carboxylic acid groups (broad SMARTS) is 1. The molecule has 0 saturated heterocycles. The van der Waals surface area contributed by atoms with Gasteiger partial charge in [-0.25, -0.2) is 0 Å². The molecule has 6 atom stereocenters. The molecular formula is C26H44O6. The van der Waals surface area contributed by atoms with E-state index in [2.05, 4.69) is 20.8 Å². The minimum atomic E-state index is -0.973. The third kappa shape index (κ3) is 6.74. The smallest absolute Gasteiger partial charge is 0.303 e. The number of aliphatic hydroxyl groups excluding tert-OH is 3. The normalized spacial score (nSPS) is 29.9. The first kappa shape index (κ1) is 26.7. The minimum Gasteiger partial charge on any atom is -0.512 e. The average Bonchev–Trinajstić information content (AvgIpc) is 2.74. The largest absolute Gasteiger partial charge is 0.512 e. The molecule has 0 saturated carbocycles. The number of rotatable bonds is 13. The summed E-state index contributed by atoms with van der Waals surface area (Å²) >= 11 is 0. The van der Waals surface area contributed by atoms with Crippen molar-refractivity contribution in [1.29, 1.82) is 0 Å². The van der Waals surface area contributed by atoms with Gasteiger partial charge >= 0.3 is 5.97 Å². The van der Waals surface area contributed by atoms with E-state index in [0.29, 0.717) is 25.0 Å². The van der Waals surface area contributed by atoms with E-state index in [1.54, 1.807) is 6.08 Å². The third-order valence-corrected chi connectivity index (χ3v) is 7.73. The molecule has 2 rings (SSSR count). The average molecular weight is 453 g/mol. The van der Waals surface area contributed by atoms with Crippen molar-refractivity contribution in [2.45, 2.75) is 104 Å². The van der Waals surface area contributed by atoms with Crippen LogP contribution in [0.1, 0.15) is 91.9 Å². The lowest BCUT2D eigenvalue weighted by Crippen LogP contribution is -2.45. The molecule has 6 nitrogen and oxygen atoms in total. The summed E-state index contributed by atoms with van der Waals surface area (Å²) in [4.78, 5) is 10.7. The predicted molar refractivity (Wildman–Crippen MR) is 126 cm³/mol. The number of aliphatic carboxylic acids is 1. The Labute approximate surface area is 193 Å². The summed E-state index contributed by atoms with van der Waals surface area (Å²) in [7, 11) is 0. The SMILES string of the molecule is CCCC(C)(CC)CO[C@H]1C[C@H](O)C(O)=C2C=C(O)[C@@H](C)[C@@H](CCCCCCC(=O)O)[C@H]21. The van der Waals surface area contributed by atoms with Crippen molar-refractivity contribution >= 4 is 5.97 Å². The van der Waals surface area contributed by atoms with Crippen LogP contribution in [0.3, 0.4) is 0 Å². The zero-order valence-corrected chi connectivity index (χ0v) is 20.3. The minimum absolute atomic E-state index is 0.0356. The standard InChI is InChI=1S/C26H44O6/c1-5-13-26(4,6-2)16-32-22-15-21(28)25(31)19-14-20(27)17(3)18(24(19)22)11-9-7-8-10-12-23(29)30/h14,17-18,21-22,24,27-28,31H,5-13,15-16H2,1-4H3,(H,29,30)/t17-,18+,21-,22-,24+,26?/m0/s1. The second-order valence-electron chi connectivity index (χ2n) is 10.2. The number of hydrogen-bond donors (Lipinski definition) is 4. The highest BCUT2D eigenvalue weighted by Crippen LogP contribution is 2.47. The van der Waals surface area contributed by atoms with Crippen LogP contribution in [-0.2, 0) is 9.53 Å². The molecule has 0 amide bonds. The fourth-order valence-corrected chi connectivity index (χ4v) is 5.41. The van der Waals surface area contributed by atoms with Gasteiger partial charge in [-0.3, -0.25) is 4.79 Å². The number of carbonyl (C=O) groups is 1. The second kappa shape index (κ2) is 12.1. The van der Waals surface area contributed by atoms with Crippen molar-refractivity contribution in [3.63, 3.8) is 0 Å². The van der Waals surface area contributed by atoms with E-state index >= 15 is 0 Å². The first-order valence-electron chi connectivity index (χ1n) is 12.5. The second-order valence-corrected chi connectivity index (χ2v) is 10.2. The first-order valence-corrected chi connectivity index (χ1v) is 12.5. The number of hydrogen-bond acceptors (Lipinski definition) is 5. The summed E-state index contributed by atoms with van der Waals surface area (Å²) in [6, 6.07) is 0. The summed E-state index contributed by atoms with van der Waals surface area (Å²) in [5.74, 6) is -0.555. The molecule has 0 fully saturated rings. The maximum absolute atomic E-state index is 10.7. The molecule has 4 N–H and O–H groups in total. The van der Waals surface area contributed by atoms with Crippen molar-refractivity contribution in [2.24, 2.45) is 23.2 Å². The number of allylic oxidation sites excluding steroid dienone is 2. The van der Waals surface area contributed by atoms with Crippen LogP contribution in [0.15, 0.2) is 23.2 Å². The maximum Gasteiger partial charge on any atom is 0.303 e. The van der Waals surface area contributed by atoms with Crippen LogP contribution in [-0.4, -0.2) is 45.2 Å². The van der Waals surface area contributed by atoms with Crippen LogP contribution in [0.4, 0.5) is 0 Å². The predicted octanol–water partition coefficient (Wildman–Crippen LogP) is 5.91. The molecule has 32 heavy (non-hydrogen) atoms. The Bertz CT molecular complexity index is 684. The molecule has 0 spiro atoms. The van der Waals surface area contributed by atoms with Gasteiger partial charge in [0, 0.05) is 30.3 Å². The molecule has 2 aliphatic rings. The highest BCUT2D eigenvalue weighted by atomic mass is 16.5. The lowest BCUT2D eigenvalue weighted by Gasteiger charge is -2.45. The molecule has 0 heterocycles. The van der Waals surface area contributed by atoms with E-state index in [4.69, 9.17) is 9.84 Å². The molecule has 0 aromatic rings. The molecule has 0 radical (unpaired) electrons. The van der Waals surface area contributed by atoms with Gasteiger partial charge < -0.3 is 25.2 Å².